The molecule has 0 aliphatic heterocycles. The van der Waals surface area contributed by atoms with Crippen LogP contribution in [0.2, 0.25) is 5.02 Å². The van der Waals surface area contributed by atoms with Crippen molar-refractivity contribution in [3.8, 4) is 0 Å². The molecule has 0 atom stereocenters. The molecule has 0 aromatic heterocycles. The molecular weight excluding hydrogens is 233 g/mol. The highest BCUT2D eigenvalue weighted by molar-refractivity contribution is 6.31. The van der Waals surface area contributed by atoms with Gasteiger partial charge in [-0.2, -0.15) is 0 Å². The van der Waals surface area contributed by atoms with E-state index in [0.717, 1.165) is 0 Å². The smallest absolute Gasteiger partial charge is 0.252 e. The summed E-state index contributed by atoms with van der Waals surface area (Å²) < 4.78 is 13.0. The zero-order valence-electron chi connectivity index (χ0n) is 9.08. The average molecular weight is 246 g/mol. The van der Waals surface area contributed by atoms with Crippen molar-refractivity contribution in [1.29, 1.82) is 0 Å². The summed E-state index contributed by atoms with van der Waals surface area (Å²) in [6.45, 7) is 3.00. The number of nitrogens with zero attached hydrogens (tertiary/aromatic N) is 1. The number of hydrogen-bond donors (Lipinski definition) is 1. The fraction of sp³-hybridized carbons (Fsp3) is 0.364. The summed E-state index contributed by atoms with van der Waals surface area (Å²) in [7, 11) is 0. The van der Waals surface area contributed by atoms with Gasteiger partial charge in [0.05, 0.1) is 5.02 Å². The number of amides is 1. The van der Waals surface area contributed by atoms with Crippen LogP contribution in [0.3, 0.4) is 0 Å². The molecule has 0 saturated carbocycles. The number of halogens is 2. The van der Waals surface area contributed by atoms with E-state index in [2.05, 4.69) is 0 Å². The monoisotopic (exact) mass is 245 g/mol. The third kappa shape index (κ3) is 2.71. The Morgan fingerprint density at radius 2 is 2.19 bits per heavy atom. The summed E-state index contributed by atoms with van der Waals surface area (Å²) in [5.74, 6) is -0.983. The van der Waals surface area contributed by atoms with Crippen molar-refractivity contribution in [2.45, 2.75) is 19.9 Å². The predicted octanol–water partition coefficient (Wildman–Crippen LogP) is 2.21. The second-order valence-electron chi connectivity index (χ2n) is 3.61. The Bertz CT molecular complexity index is 396. The van der Waals surface area contributed by atoms with E-state index in [-0.39, 0.29) is 11.1 Å². The van der Waals surface area contributed by atoms with Gasteiger partial charge >= 0.3 is 0 Å². The average Bonchev–Trinajstić information content (AvgIpc) is 2.22. The van der Waals surface area contributed by atoms with Crippen molar-refractivity contribution in [2.24, 2.45) is 0 Å². The number of carbonyl (C=O) groups excluding carboxylic acids is 1. The van der Waals surface area contributed by atoms with Gasteiger partial charge in [-0.1, -0.05) is 11.6 Å². The van der Waals surface area contributed by atoms with Crippen molar-refractivity contribution in [1.82, 2.24) is 0 Å². The summed E-state index contributed by atoms with van der Waals surface area (Å²) in [6, 6.07) is 3.87. The zero-order chi connectivity index (χ0) is 12.3. The normalized spacial score (nSPS) is 10.6. The van der Waals surface area contributed by atoms with Gasteiger partial charge in [0.15, 0.2) is 0 Å². The Morgan fingerprint density at radius 1 is 1.56 bits per heavy atom. The van der Waals surface area contributed by atoms with Crippen molar-refractivity contribution >= 4 is 23.2 Å². The molecule has 1 rings (SSSR count). The molecule has 3 nitrogen and oxygen atoms in total. The summed E-state index contributed by atoms with van der Waals surface area (Å²) in [5, 5.41) is 8.79. The van der Waals surface area contributed by atoms with Crippen LogP contribution in [0.1, 0.15) is 13.8 Å². The molecule has 1 aromatic carbocycles. The Kier molecular flexibility index (Phi) is 4.26. The van der Waals surface area contributed by atoms with Gasteiger partial charge in [-0.25, -0.2) is 4.39 Å². The zero-order valence-corrected chi connectivity index (χ0v) is 9.83. The van der Waals surface area contributed by atoms with Crippen LogP contribution in [-0.4, -0.2) is 23.7 Å². The van der Waals surface area contributed by atoms with Gasteiger partial charge in [0.1, 0.15) is 12.4 Å². The molecule has 16 heavy (non-hydrogen) atoms. The van der Waals surface area contributed by atoms with E-state index in [1.54, 1.807) is 13.8 Å². The summed E-state index contributed by atoms with van der Waals surface area (Å²) in [6.07, 6.45) is 0. The van der Waals surface area contributed by atoms with E-state index in [1.807, 2.05) is 0 Å². The van der Waals surface area contributed by atoms with E-state index in [4.69, 9.17) is 16.7 Å². The molecular formula is C11H13ClFNO2. The van der Waals surface area contributed by atoms with E-state index in [1.165, 1.54) is 23.1 Å². The third-order valence-electron chi connectivity index (χ3n) is 2.10. The highest BCUT2D eigenvalue weighted by Crippen LogP contribution is 2.24. The van der Waals surface area contributed by atoms with E-state index in [0.29, 0.717) is 5.69 Å². The van der Waals surface area contributed by atoms with Gasteiger partial charge < -0.3 is 10.0 Å². The maximum Gasteiger partial charge on any atom is 0.252 e. The highest BCUT2D eigenvalue weighted by atomic mass is 35.5. The van der Waals surface area contributed by atoms with Crippen LogP contribution < -0.4 is 4.90 Å². The topological polar surface area (TPSA) is 40.5 Å². The lowest BCUT2D eigenvalue weighted by Crippen LogP contribution is -2.38. The molecule has 1 N–H and O–H groups in total. The number of benzene rings is 1. The van der Waals surface area contributed by atoms with Crippen LogP contribution in [-0.2, 0) is 4.79 Å². The summed E-state index contributed by atoms with van der Waals surface area (Å²) >= 11 is 5.63. The number of hydrogen-bond acceptors (Lipinski definition) is 2. The lowest BCUT2D eigenvalue weighted by atomic mass is 10.2. The predicted molar refractivity (Wildman–Crippen MR) is 61.1 cm³/mol. The highest BCUT2D eigenvalue weighted by Gasteiger charge is 2.18. The van der Waals surface area contributed by atoms with Crippen molar-refractivity contribution in [3.05, 3.63) is 29.0 Å². The van der Waals surface area contributed by atoms with Crippen LogP contribution in [0.5, 0.6) is 0 Å². The molecule has 0 aliphatic rings. The number of carbonyl (C=O) groups is 1. The molecule has 0 fully saturated rings. The summed E-state index contributed by atoms with van der Waals surface area (Å²) in [4.78, 5) is 12.9. The molecule has 0 heterocycles. The van der Waals surface area contributed by atoms with Crippen LogP contribution in [0.25, 0.3) is 0 Å². The summed E-state index contributed by atoms with van der Waals surface area (Å²) in [5.41, 5.74) is 0.473. The van der Waals surface area contributed by atoms with Crippen LogP contribution in [0, 0.1) is 5.82 Å². The van der Waals surface area contributed by atoms with Crippen LogP contribution in [0.4, 0.5) is 10.1 Å². The van der Waals surface area contributed by atoms with Crippen molar-refractivity contribution < 1.29 is 14.3 Å². The fourth-order valence-electron chi connectivity index (χ4n) is 1.44. The Labute approximate surface area is 98.4 Å². The number of aliphatic hydroxyl groups excluding tert-OH is 1. The second-order valence-corrected chi connectivity index (χ2v) is 4.02. The van der Waals surface area contributed by atoms with Crippen LogP contribution >= 0.6 is 11.6 Å². The first-order chi connectivity index (χ1) is 7.47. The van der Waals surface area contributed by atoms with Gasteiger partial charge in [0.25, 0.3) is 5.91 Å². The van der Waals surface area contributed by atoms with Gasteiger partial charge in [0, 0.05) is 11.7 Å². The Hall–Kier alpha value is -1.13. The van der Waals surface area contributed by atoms with Gasteiger partial charge in [-0.15, -0.1) is 0 Å². The molecule has 88 valence electrons. The molecule has 0 unspecified atom stereocenters. The minimum atomic E-state index is -0.590. The number of rotatable bonds is 3. The first-order valence-electron chi connectivity index (χ1n) is 4.85. The molecule has 0 spiro atoms. The molecule has 1 aromatic rings. The quantitative estimate of drug-likeness (QED) is 0.887. The minimum Gasteiger partial charge on any atom is -0.387 e. The first kappa shape index (κ1) is 12.9. The molecule has 5 heteroatoms. The molecule has 0 radical (unpaired) electrons. The number of aliphatic hydroxyl groups is 1. The molecule has 0 bridgehead atoms. The van der Waals surface area contributed by atoms with Gasteiger partial charge in [-0.05, 0) is 32.0 Å². The first-order valence-corrected chi connectivity index (χ1v) is 5.23. The van der Waals surface area contributed by atoms with E-state index >= 15 is 0 Å². The van der Waals surface area contributed by atoms with Crippen LogP contribution in [0.15, 0.2) is 18.2 Å². The van der Waals surface area contributed by atoms with Gasteiger partial charge in [0.2, 0.25) is 0 Å². The number of anilines is 1. The SMILES string of the molecule is CC(C)N(C(=O)CO)c1ccc(F)c(Cl)c1. The third-order valence-corrected chi connectivity index (χ3v) is 2.39. The lowest BCUT2D eigenvalue weighted by molar-refractivity contribution is -0.121. The Morgan fingerprint density at radius 3 is 2.62 bits per heavy atom. The molecule has 1 amide bonds. The lowest BCUT2D eigenvalue weighted by Gasteiger charge is -2.26. The minimum absolute atomic E-state index is 0.0473. The maximum atomic E-state index is 13.0. The van der Waals surface area contributed by atoms with Gasteiger partial charge in [-0.3, -0.25) is 4.79 Å². The standard InChI is InChI=1S/C11H13ClFNO2/c1-7(2)14(11(16)6-15)8-3-4-10(13)9(12)5-8/h3-5,7,15H,6H2,1-2H3. The Balaban J connectivity index is 3.11. The second kappa shape index (κ2) is 5.27. The van der Waals surface area contributed by atoms with Crippen molar-refractivity contribution in [3.63, 3.8) is 0 Å². The van der Waals surface area contributed by atoms with Crippen molar-refractivity contribution in [2.75, 3.05) is 11.5 Å². The van der Waals surface area contributed by atoms with E-state index in [9.17, 15) is 9.18 Å². The maximum absolute atomic E-state index is 13.0. The molecule has 0 aliphatic carbocycles. The largest absolute Gasteiger partial charge is 0.387 e. The molecule has 0 saturated heterocycles. The fourth-order valence-corrected chi connectivity index (χ4v) is 1.62. The van der Waals surface area contributed by atoms with E-state index < -0.39 is 18.3 Å².